The number of likely N-dealkylation sites (tertiary alicyclic amines) is 1. The third-order valence-electron chi connectivity index (χ3n) is 7.27. The Balaban J connectivity index is 2.09. The zero-order valence-corrected chi connectivity index (χ0v) is 23.9. The third kappa shape index (κ3) is 12.1. The summed E-state index contributed by atoms with van der Waals surface area (Å²) >= 11 is 0. The Labute approximate surface area is 239 Å². The van der Waals surface area contributed by atoms with Crippen LogP contribution in [0.3, 0.4) is 0 Å². The molecule has 1 aliphatic rings. The number of halogens is 3. The van der Waals surface area contributed by atoms with Crippen LogP contribution in [0, 0.1) is 5.92 Å². The number of hydrogen-bond acceptors (Lipinski definition) is 6. The van der Waals surface area contributed by atoms with Gasteiger partial charge in [0.2, 0.25) is 17.7 Å². The van der Waals surface area contributed by atoms with Crippen LogP contribution in [0.25, 0.3) is 0 Å². The van der Waals surface area contributed by atoms with Crippen molar-refractivity contribution in [2.24, 2.45) is 11.7 Å². The highest BCUT2D eigenvalue weighted by molar-refractivity contribution is 5.93. The van der Waals surface area contributed by atoms with E-state index in [9.17, 15) is 32.3 Å². The van der Waals surface area contributed by atoms with E-state index in [0.29, 0.717) is 38.8 Å². The van der Waals surface area contributed by atoms with Crippen LogP contribution in [0.2, 0.25) is 0 Å². The lowest BCUT2D eigenvalue weighted by molar-refractivity contribution is -0.149. The standard InChI is InChI=1S/C29H43F3N4O5/c1-3-4-12-24(27(39)36-17-14-21(15-18-36)28(40)41-2)35-26(38)23(13-8-9-16-29(30,31)32)34-25(37)22(33)19-20-10-6-5-7-11-20/h5-7,10-11,21-24H,3-4,8-9,12-19,33H2,1-2H3,(H,34,37)(H,35,38)/t22-,23-,24?/m1/s1. The van der Waals surface area contributed by atoms with Gasteiger partial charge >= 0.3 is 12.1 Å². The number of nitrogens with two attached hydrogens (primary N) is 1. The smallest absolute Gasteiger partial charge is 0.389 e. The van der Waals surface area contributed by atoms with E-state index in [-0.39, 0.29) is 43.5 Å². The zero-order chi connectivity index (χ0) is 30.4. The van der Waals surface area contributed by atoms with Crippen molar-refractivity contribution in [2.45, 2.75) is 95.4 Å². The fourth-order valence-corrected chi connectivity index (χ4v) is 4.84. The van der Waals surface area contributed by atoms with Crippen molar-refractivity contribution in [1.82, 2.24) is 15.5 Å². The van der Waals surface area contributed by atoms with Crippen molar-refractivity contribution >= 4 is 23.7 Å². The van der Waals surface area contributed by atoms with Crippen LogP contribution < -0.4 is 16.4 Å². The van der Waals surface area contributed by atoms with Crippen molar-refractivity contribution < 1.29 is 37.1 Å². The van der Waals surface area contributed by atoms with Crippen molar-refractivity contribution in [3.05, 3.63) is 35.9 Å². The molecule has 9 nitrogen and oxygen atoms in total. The average molecular weight is 585 g/mol. The van der Waals surface area contributed by atoms with Gasteiger partial charge in [0.15, 0.2) is 0 Å². The lowest BCUT2D eigenvalue weighted by atomic mass is 9.96. The second kappa shape index (κ2) is 17.0. The molecule has 12 heteroatoms. The number of carbonyl (C=O) groups is 4. The topological polar surface area (TPSA) is 131 Å². The van der Waals surface area contributed by atoms with Crippen molar-refractivity contribution in [3.8, 4) is 0 Å². The van der Waals surface area contributed by atoms with E-state index in [1.54, 1.807) is 4.90 Å². The second-order valence-electron chi connectivity index (χ2n) is 10.5. The summed E-state index contributed by atoms with van der Waals surface area (Å²) in [5, 5.41) is 5.35. The number of hydrogen-bond donors (Lipinski definition) is 3. The van der Waals surface area contributed by atoms with Gasteiger partial charge in [-0.05, 0) is 44.1 Å². The normalized spacial score (nSPS) is 16.4. The van der Waals surface area contributed by atoms with Crippen molar-refractivity contribution in [1.29, 1.82) is 0 Å². The average Bonchev–Trinajstić information content (AvgIpc) is 2.95. The molecule has 2 rings (SSSR count). The van der Waals surface area contributed by atoms with E-state index in [4.69, 9.17) is 10.5 Å². The minimum atomic E-state index is -4.32. The van der Waals surface area contributed by atoms with Crippen LogP contribution in [-0.2, 0) is 30.3 Å². The Hall–Kier alpha value is -3.15. The number of benzene rings is 1. The molecular weight excluding hydrogens is 541 g/mol. The number of nitrogens with zero attached hydrogens (tertiary/aromatic N) is 1. The summed E-state index contributed by atoms with van der Waals surface area (Å²) in [6.45, 7) is 2.62. The van der Waals surface area contributed by atoms with Crippen LogP contribution in [0.15, 0.2) is 30.3 Å². The van der Waals surface area contributed by atoms with Gasteiger partial charge in [-0.15, -0.1) is 0 Å². The molecule has 0 spiro atoms. The van der Waals surface area contributed by atoms with Crippen LogP contribution in [0.4, 0.5) is 13.2 Å². The summed E-state index contributed by atoms with van der Waals surface area (Å²) in [5.41, 5.74) is 6.90. The van der Waals surface area contributed by atoms with E-state index < -0.39 is 42.5 Å². The van der Waals surface area contributed by atoms with Crippen LogP contribution in [0.5, 0.6) is 0 Å². The number of alkyl halides is 3. The summed E-state index contributed by atoms with van der Waals surface area (Å²) in [5.74, 6) is -2.15. The van der Waals surface area contributed by atoms with Crippen molar-refractivity contribution in [3.63, 3.8) is 0 Å². The Morgan fingerprint density at radius 1 is 0.976 bits per heavy atom. The Bertz CT molecular complexity index is 984. The van der Waals surface area contributed by atoms with Gasteiger partial charge in [0, 0.05) is 19.5 Å². The molecule has 1 aromatic rings. The molecule has 1 aliphatic heterocycles. The molecule has 0 bridgehead atoms. The largest absolute Gasteiger partial charge is 0.469 e. The quantitative estimate of drug-likeness (QED) is 0.214. The van der Waals surface area contributed by atoms with E-state index in [2.05, 4.69) is 10.6 Å². The molecule has 0 saturated carbocycles. The summed E-state index contributed by atoms with van der Waals surface area (Å²) < 4.78 is 42.8. The van der Waals surface area contributed by atoms with Gasteiger partial charge in [-0.25, -0.2) is 0 Å². The number of ether oxygens (including phenoxy) is 1. The number of carbonyl (C=O) groups excluding carboxylic acids is 4. The van der Waals surface area contributed by atoms with Gasteiger partial charge in [0.25, 0.3) is 0 Å². The highest BCUT2D eigenvalue weighted by Crippen LogP contribution is 2.23. The number of nitrogens with one attached hydrogen (secondary N) is 2. The second-order valence-corrected chi connectivity index (χ2v) is 10.5. The highest BCUT2D eigenvalue weighted by atomic mass is 19.4. The fourth-order valence-electron chi connectivity index (χ4n) is 4.84. The Morgan fingerprint density at radius 3 is 2.17 bits per heavy atom. The molecule has 4 N–H and O–H groups in total. The number of amides is 3. The van der Waals surface area contributed by atoms with E-state index in [1.807, 2.05) is 37.3 Å². The Morgan fingerprint density at radius 2 is 1.59 bits per heavy atom. The van der Waals surface area contributed by atoms with Gasteiger partial charge in [-0.2, -0.15) is 13.2 Å². The van der Waals surface area contributed by atoms with Gasteiger partial charge in [0.1, 0.15) is 12.1 Å². The van der Waals surface area contributed by atoms with E-state index >= 15 is 0 Å². The number of methoxy groups -OCH3 is 1. The molecule has 1 saturated heterocycles. The van der Waals surface area contributed by atoms with Crippen LogP contribution in [0.1, 0.15) is 70.3 Å². The lowest BCUT2D eigenvalue weighted by Crippen LogP contribution is -2.57. The van der Waals surface area contributed by atoms with E-state index in [1.165, 1.54) is 7.11 Å². The predicted molar refractivity (Wildman–Crippen MR) is 147 cm³/mol. The van der Waals surface area contributed by atoms with Gasteiger partial charge < -0.3 is 26.0 Å². The monoisotopic (exact) mass is 584 g/mol. The molecule has 0 aromatic heterocycles. The maximum absolute atomic E-state index is 13.4. The molecular formula is C29H43F3N4O5. The predicted octanol–water partition coefficient (Wildman–Crippen LogP) is 3.25. The lowest BCUT2D eigenvalue weighted by Gasteiger charge is -2.34. The molecule has 1 aromatic carbocycles. The van der Waals surface area contributed by atoms with Crippen LogP contribution in [-0.4, -0.2) is 73.1 Å². The zero-order valence-electron chi connectivity index (χ0n) is 23.9. The number of rotatable bonds is 15. The minimum absolute atomic E-state index is 0.0368. The number of piperidine rings is 1. The van der Waals surface area contributed by atoms with E-state index in [0.717, 1.165) is 12.0 Å². The molecule has 3 amide bonds. The number of unbranched alkanes of at least 4 members (excludes halogenated alkanes) is 2. The summed E-state index contributed by atoms with van der Waals surface area (Å²) in [6, 6.07) is 6.07. The van der Waals surface area contributed by atoms with Crippen LogP contribution >= 0.6 is 0 Å². The maximum Gasteiger partial charge on any atom is 0.389 e. The first-order valence-corrected chi connectivity index (χ1v) is 14.3. The molecule has 3 atom stereocenters. The molecule has 0 aliphatic carbocycles. The van der Waals surface area contributed by atoms with Gasteiger partial charge in [-0.1, -0.05) is 56.5 Å². The molecule has 1 unspecified atom stereocenters. The highest BCUT2D eigenvalue weighted by Gasteiger charge is 2.34. The van der Waals surface area contributed by atoms with Gasteiger partial charge in [0.05, 0.1) is 19.1 Å². The molecule has 1 heterocycles. The van der Waals surface area contributed by atoms with Crippen molar-refractivity contribution in [2.75, 3.05) is 20.2 Å². The maximum atomic E-state index is 13.4. The first-order chi connectivity index (χ1) is 19.4. The first kappa shape index (κ1) is 34.1. The minimum Gasteiger partial charge on any atom is -0.469 e. The fraction of sp³-hybridized carbons (Fsp3) is 0.655. The first-order valence-electron chi connectivity index (χ1n) is 14.3. The van der Waals surface area contributed by atoms with Gasteiger partial charge in [-0.3, -0.25) is 19.2 Å². The summed E-state index contributed by atoms with van der Waals surface area (Å²) in [4.78, 5) is 53.1. The third-order valence-corrected chi connectivity index (χ3v) is 7.27. The molecule has 0 radical (unpaired) electrons. The SMILES string of the molecule is CCCCC(NC(=O)[C@@H](CCCCC(F)(F)F)NC(=O)[C@H](N)Cc1ccccc1)C(=O)N1CCC(C(=O)OC)CC1. The molecule has 230 valence electrons. The summed E-state index contributed by atoms with van der Waals surface area (Å²) in [6.07, 6.45) is -2.61. The Kier molecular flexibility index (Phi) is 14.1. The molecule has 41 heavy (non-hydrogen) atoms. The summed E-state index contributed by atoms with van der Waals surface area (Å²) in [7, 11) is 1.32. The molecule has 1 fully saturated rings. The number of esters is 1.